The van der Waals surface area contributed by atoms with Crippen LogP contribution in [0.4, 0.5) is 5.69 Å². The number of nitro groups is 1. The third-order valence-electron chi connectivity index (χ3n) is 2.97. The van der Waals surface area contributed by atoms with Crippen molar-refractivity contribution in [3.63, 3.8) is 0 Å². The van der Waals surface area contributed by atoms with Crippen molar-refractivity contribution in [1.29, 1.82) is 0 Å². The first-order valence-corrected chi connectivity index (χ1v) is 7.25. The Hall–Kier alpha value is -3.16. The summed E-state index contributed by atoms with van der Waals surface area (Å²) in [5, 5.41) is 20.1. The molecular formula is C16H17N3O5. The Morgan fingerprint density at radius 1 is 1.33 bits per heavy atom. The first kappa shape index (κ1) is 17.2. The van der Waals surface area contributed by atoms with E-state index in [1.807, 2.05) is 24.3 Å². The Morgan fingerprint density at radius 2 is 2.00 bits per heavy atom. The lowest BCUT2D eigenvalue weighted by atomic mass is 10.2. The van der Waals surface area contributed by atoms with Crippen molar-refractivity contribution in [2.24, 2.45) is 5.92 Å². The van der Waals surface area contributed by atoms with Gasteiger partial charge in [-0.2, -0.15) is 4.98 Å². The number of nitrogens with one attached hydrogen (secondary N) is 1. The second kappa shape index (κ2) is 7.40. The fourth-order valence-corrected chi connectivity index (χ4v) is 1.83. The van der Waals surface area contributed by atoms with Gasteiger partial charge in [0, 0.05) is 0 Å². The van der Waals surface area contributed by atoms with E-state index in [4.69, 9.17) is 4.74 Å². The van der Waals surface area contributed by atoms with Gasteiger partial charge in [-0.05, 0) is 29.7 Å². The maximum absolute atomic E-state index is 11.5. The van der Waals surface area contributed by atoms with E-state index in [2.05, 4.69) is 23.8 Å². The lowest BCUT2D eigenvalue weighted by Gasteiger charge is -2.08. The van der Waals surface area contributed by atoms with Gasteiger partial charge in [0.1, 0.15) is 11.6 Å². The Labute approximate surface area is 137 Å². The summed E-state index contributed by atoms with van der Waals surface area (Å²) in [6, 6.07) is 7.25. The smallest absolute Gasteiger partial charge is 0.395 e. The van der Waals surface area contributed by atoms with E-state index >= 15 is 0 Å². The molecule has 2 rings (SSSR count). The third-order valence-corrected chi connectivity index (χ3v) is 2.97. The van der Waals surface area contributed by atoms with Gasteiger partial charge in [0.05, 0.1) is 11.5 Å². The molecule has 0 bridgehead atoms. The summed E-state index contributed by atoms with van der Waals surface area (Å²) in [7, 11) is 0. The zero-order chi connectivity index (χ0) is 17.7. The van der Waals surface area contributed by atoms with Crippen LogP contribution < -0.4 is 10.3 Å². The van der Waals surface area contributed by atoms with Crippen molar-refractivity contribution in [2.75, 3.05) is 6.61 Å². The average Bonchev–Trinajstić information content (AvgIpc) is 2.51. The van der Waals surface area contributed by atoms with E-state index in [1.54, 1.807) is 6.08 Å². The van der Waals surface area contributed by atoms with Crippen LogP contribution in [0.2, 0.25) is 0 Å². The first-order chi connectivity index (χ1) is 11.4. The Bertz CT molecular complexity index is 809. The summed E-state index contributed by atoms with van der Waals surface area (Å²) in [6.45, 7) is 4.75. The number of H-pyrrole nitrogens is 1. The van der Waals surface area contributed by atoms with Crippen molar-refractivity contribution >= 4 is 17.8 Å². The lowest BCUT2D eigenvalue weighted by molar-refractivity contribution is -0.387. The van der Waals surface area contributed by atoms with Crippen molar-refractivity contribution in [1.82, 2.24) is 9.97 Å². The highest BCUT2D eigenvalue weighted by molar-refractivity contribution is 5.67. The minimum Gasteiger partial charge on any atom is -0.493 e. The predicted molar refractivity (Wildman–Crippen MR) is 88.9 cm³/mol. The number of ether oxygens (including phenoxy) is 1. The lowest BCUT2D eigenvalue weighted by Crippen LogP contribution is -2.14. The van der Waals surface area contributed by atoms with Crippen LogP contribution in [-0.2, 0) is 0 Å². The van der Waals surface area contributed by atoms with Crippen molar-refractivity contribution < 1.29 is 14.8 Å². The molecule has 8 nitrogen and oxygen atoms in total. The number of aromatic hydroxyl groups is 1. The summed E-state index contributed by atoms with van der Waals surface area (Å²) >= 11 is 0. The molecule has 1 aromatic carbocycles. The molecule has 2 N–H and O–H groups in total. The summed E-state index contributed by atoms with van der Waals surface area (Å²) in [5.74, 6) is 0.284. The summed E-state index contributed by atoms with van der Waals surface area (Å²) in [4.78, 5) is 27.0. The van der Waals surface area contributed by atoms with E-state index < -0.39 is 22.0 Å². The molecule has 1 heterocycles. The number of hydrogen-bond acceptors (Lipinski definition) is 6. The molecule has 2 aromatic rings. The maximum Gasteiger partial charge on any atom is 0.395 e. The SMILES string of the molecule is CC(C)COc1ccc(C=Cc2nc(O)c([N+](=O)[O-])c(=O)[nH]2)cc1. The minimum atomic E-state index is -1.01. The summed E-state index contributed by atoms with van der Waals surface area (Å²) < 4.78 is 5.57. The van der Waals surface area contributed by atoms with Gasteiger partial charge >= 0.3 is 11.2 Å². The molecule has 0 amide bonds. The van der Waals surface area contributed by atoms with Crippen molar-refractivity contribution in [3.05, 3.63) is 56.1 Å². The average molecular weight is 331 g/mol. The van der Waals surface area contributed by atoms with Crippen LogP contribution >= 0.6 is 0 Å². The van der Waals surface area contributed by atoms with E-state index in [-0.39, 0.29) is 5.82 Å². The zero-order valence-corrected chi connectivity index (χ0v) is 13.2. The van der Waals surface area contributed by atoms with Crippen LogP contribution in [0.3, 0.4) is 0 Å². The third kappa shape index (κ3) is 4.42. The monoisotopic (exact) mass is 331 g/mol. The van der Waals surface area contributed by atoms with Gasteiger partial charge in [0.15, 0.2) is 0 Å². The van der Waals surface area contributed by atoms with Crippen molar-refractivity contribution in [3.8, 4) is 11.6 Å². The predicted octanol–water partition coefficient (Wildman–Crippen LogP) is 2.59. The first-order valence-electron chi connectivity index (χ1n) is 7.25. The van der Waals surface area contributed by atoms with Gasteiger partial charge in [-0.25, -0.2) is 0 Å². The molecule has 0 fully saturated rings. The standard InChI is InChI=1S/C16H17N3O5/c1-10(2)9-24-12-6-3-11(4-7-12)5-8-13-17-15(20)14(19(22)23)16(21)18-13/h3-8,10H,9H2,1-2H3,(H2,17,18,20,21). The molecule has 0 aliphatic carbocycles. The van der Waals surface area contributed by atoms with E-state index in [0.717, 1.165) is 11.3 Å². The molecule has 0 spiro atoms. The largest absolute Gasteiger partial charge is 0.493 e. The fourth-order valence-electron chi connectivity index (χ4n) is 1.83. The van der Waals surface area contributed by atoms with Gasteiger partial charge in [-0.3, -0.25) is 14.9 Å². The number of nitrogens with zero attached hydrogens (tertiary/aromatic N) is 2. The van der Waals surface area contributed by atoms with Gasteiger partial charge in [-0.15, -0.1) is 0 Å². The van der Waals surface area contributed by atoms with Crippen LogP contribution in [0.5, 0.6) is 11.6 Å². The number of aromatic amines is 1. The maximum atomic E-state index is 11.5. The van der Waals surface area contributed by atoms with Crippen LogP contribution in [0.1, 0.15) is 25.2 Å². The molecular weight excluding hydrogens is 314 g/mol. The highest BCUT2D eigenvalue weighted by Crippen LogP contribution is 2.18. The molecule has 0 saturated heterocycles. The molecule has 0 aliphatic heterocycles. The number of aromatic nitrogens is 2. The quantitative estimate of drug-likeness (QED) is 0.620. The molecule has 126 valence electrons. The van der Waals surface area contributed by atoms with Crippen LogP contribution in [0.25, 0.3) is 12.2 Å². The Morgan fingerprint density at radius 3 is 2.54 bits per heavy atom. The number of benzene rings is 1. The molecule has 0 atom stereocenters. The van der Waals surface area contributed by atoms with Crippen LogP contribution in [0, 0.1) is 16.0 Å². The normalized spacial score (nSPS) is 11.1. The van der Waals surface area contributed by atoms with Crippen molar-refractivity contribution in [2.45, 2.75) is 13.8 Å². The molecule has 8 heteroatoms. The zero-order valence-electron chi connectivity index (χ0n) is 13.2. The number of rotatable bonds is 6. The molecule has 0 saturated carbocycles. The van der Waals surface area contributed by atoms with Crippen LogP contribution in [0.15, 0.2) is 29.1 Å². The fraction of sp³-hybridized carbons (Fsp3) is 0.250. The summed E-state index contributed by atoms with van der Waals surface area (Å²) in [5.41, 5.74) is -1.17. The molecule has 1 aromatic heterocycles. The van der Waals surface area contributed by atoms with Gasteiger partial charge < -0.3 is 14.8 Å². The van der Waals surface area contributed by atoms with E-state index in [1.165, 1.54) is 6.08 Å². The van der Waals surface area contributed by atoms with Gasteiger partial charge in [-0.1, -0.05) is 32.1 Å². The Kier molecular flexibility index (Phi) is 5.31. The molecule has 0 aliphatic rings. The van der Waals surface area contributed by atoms with Gasteiger partial charge in [0.2, 0.25) is 0 Å². The second-order valence-corrected chi connectivity index (χ2v) is 5.49. The van der Waals surface area contributed by atoms with Crippen LogP contribution in [-0.4, -0.2) is 26.6 Å². The highest BCUT2D eigenvalue weighted by atomic mass is 16.6. The topological polar surface area (TPSA) is 118 Å². The molecule has 0 radical (unpaired) electrons. The second-order valence-electron chi connectivity index (χ2n) is 5.49. The minimum absolute atomic E-state index is 0.0169. The van der Waals surface area contributed by atoms with Gasteiger partial charge in [0.25, 0.3) is 5.88 Å². The molecule has 0 unspecified atom stereocenters. The summed E-state index contributed by atoms with van der Waals surface area (Å²) in [6.07, 6.45) is 3.09. The molecule has 24 heavy (non-hydrogen) atoms. The van der Waals surface area contributed by atoms with E-state index in [0.29, 0.717) is 12.5 Å². The Balaban J connectivity index is 2.13. The number of hydrogen-bond donors (Lipinski definition) is 2. The highest BCUT2D eigenvalue weighted by Gasteiger charge is 2.21. The van der Waals surface area contributed by atoms with E-state index in [9.17, 15) is 20.0 Å².